The number of hydrogen-bond acceptors (Lipinski definition) is 8. The summed E-state index contributed by atoms with van der Waals surface area (Å²) in [6, 6.07) is 0.440. The number of aliphatic carboxylic acids is 1. The number of urea groups is 1. The second-order valence-corrected chi connectivity index (χ2v) is 11.4. The molecular formula is C10H21N2O13P3S. The highest BCUT2D eigenvalue weighted by atomic mass is 32.2. The Morgan fingerprint density at radius 3 is 2.07 bits per heavy atom. The van der Waals surface area contributed by atoms with E-state index >= 15 is 0 Å². The normalized spacial score (nSPS) is 24.2. The van der Waals surface area contributed by atoms with E-state index in [2.05, 4.69) is 19.3 Å². The summed E-state index contributed by atoms with van der Waals surface area (Å²) in [6.07, 6.45) is 2.88. The maximum atomic E-state index is 11.1. The fraction of sp³-hybridized carbons (Fsp3) is 0.800. The van der Waals surface area contributed by atoms with E-state index < -0.39 is 29.4 Å². The lowest BCUT2D eigenvalue weighted by Crippen LogP contribution is -2.36. The fourth-order valence-electron chi connectivity index (χ4n) is 2.55. The van der Waals surface area contributed by atoms with Crippen LogP contribution in [0.2, 0.25) is 0 Å². The van der Waals surface area contributed by atoms with Crippen molar-refractivity contribution in [2.75, 3.05) is 5.75 Å². The number of carbonyl (C=O) groups is 2. The van der Waals surface area contributed by atoms with Crippen LogP contribution in [0.15, 0.2) is 0 Å². The Hall–Kier alpha value is -0.500. The lowest BCUT2D eigenvalue weighted by Gasteiger charge is -2.16. The van der Waals surface area contributed by atoms with Gasteiger partial charge < -0.3 is 40.2 Å². The number of amides is 2. The molecule has 0 unspecified atom stereocenters. The molecule has 0 bridgehead atoms. The molecule has 0 spiro atoms. The predicted octanol–water partition coefficient (Wildman–Crippen LogP) is 0.102. The van der Waals surface area contributed by atoms with Crippen molar-refractivity contribution >= 4 is 47.2 Å². The van der Waals surface area contributed by atoms with Crippen molar-refractivity contribution in [3.8, 4) is 0 Å². The quantitative estimate of drug-likeness (QED) is 0.118. The van der Waals surface area contributed by atoms with Gasteiger partial charge in [0.1, 0.15) is 0 Å². The van der Waals surface area contributed by atoms with E-state index in [1.54, 1.807) is 0 Å². The number of phosphoric acid groups is 3. The molecule has 19 heteroatoms. The Morgan fingerprint density at radius 1 is 1.03 bits per heavy atom. The molecule has 2 fully saturated rings. The van der Waals surface area contributed by atoms with Crippen molar-refractivity contribution in [3.63, 3.8) is 0 Å². The van der Waals surface area contributed by atoms with Gasteiger partial charge in [0, 0.05) is 17.4 Å². The molecule has 0 aromatic carbocycles. The van der Waals surface area contributed by atoms with Gasteiger partial charge in [-0.1, -0.05) is 6.42 Å². The number of rotatable bonds is 9. The van der Waals surface area contributed by atoms with Crippen molar-refractivity contribution < 1.29 is 61.5 Å². The van der Waals surface area contributed by atoms with Crippen molar-refractivity contribution in [3.05, 3.63) is 0 Å². The topological polar surface area (TPSA) is 249 Å². The van der Waals surface area contributed by atoms with Gasteiger partial charge in [-0.25, -0.2) is 18.5 Å². The molecule has 2 aliphatic heterocycles. The molecule has 0 aliphatic carbocycles. The van der Waals surface area contributed by atoms with E-state index in [1.165, 1.54) is 0 Å². The maximum Gasteiger partial charge on any atom is 0.490 e. The van der Waals surface area contributed by atoms with Crippen LogP contribution < -0.4 is 10.6 Å². The molecule has 2 amide bonds. The van der Waals surface area contributed by atoms with Crippen LogP contribution in [-0.2, 0) is 27.1 Å². The van der Waals surface area contributed by atoms with Gasteiger partial charge in [0.25, 0.3) is 0 Å². The van der Waals surface area contributed by atoms with E-state index in [-0.39, 0.29) is 24.5 Å². The molecule has 8 N–H and O–H groups in total. The highest BCUT2D eigenvalue weighted by Gasteiger charge is 2.42. The van der Waals surface area contributed by atoms with Gasteiger partial charge in [-0.2, -0.15) is 20.4 Å². The Morgan fingerprint density at radius 2 is 1.59 bits per heavy atom. The van der Waals surface area contributed by atoms with E-state index in [1.807, 2.05) is 11.8 Å². The van der Waals surface area contributed by atoms with Crippen LogP contribution in [0.3, 0.4) is 0 Å². The maximum absolute atomic E-state index is 11.1. The summed E-state index contributed by atoms with van der Waals surface area (Å²) >= 11 is 1.87. The Balaban J connectivity index is 0.000000298. The summed E-state index contributed by atoms with van der Waals surface area (Å²) in [5.74, 6) is 0.236. The van der Waals surface area contributed by atoms with E-state index in [9.17, 15) is 23.3 Å². The second kappa shape index (κ2) is 10.7. The van der Waals surface area contributed by atoms with Crippen LogP contribution in [0.5, 0.6) is 0 Å². The van der Waals surface area contributed by atoms with Crippen LogP contribution in [-0.4, -0.2) is 64.7 Å². The van der Waals surface area contributed by atoms with Crippen LogP contribution in [0.25, 0.3) is 0 Å². The number of thioether (sulfide) groups is 1. The zero-order chi connectivity index (χ0) is 22.5. The summed E-state index contributed by atoms with van der Waals surface area (Å²) in [7, 11) is -16.2. The highest BCUT2D eigenvalue weighted by Crippen LogP contribution is 2.64. The van der Waals surface area contributed by atoms with E-state index in [0.717, 1.165) is 25.0 Å². The van der Waals surface area contributed by atoms with Gasteiger partial charge in [0.2, 0.25) is 0 Å². The molecule has 0 aromatic heterocycles. The molecule has 2 saturated heterocycles. The Bertz CT molecular complexity index is 710. The van der Waals surface area contributed by atoms with Crippen molar-refractivity contribution in [1.29, 1.82) is 0 Å². The minimum atomic E-state index is -5.46. The van der Waals surface area contributed by atoms with Gasteiger partial charge in [-0.15, -0.1) is 0 Å². The number of fused-ring (bicyclic) bond motifs is 1. The van der Waals surface area contributed by atoms with E-state index in [0.29, 0.717) is 5.25 Å². The first-order valence-corrected chi connectivity index (χ1v) is 13.5. The molecular weight excluding hydrogens is 481 g/mol. The minimum Gasteiger partial charge on any atom is -0.481 e. The number of unbranched alkanes of at least 4 members (excludes halogenated alkanes) is 1. The first-order chi connectivity index (χ1) is 13.1. The van der Waals surface area contributed by atoms with E-state index in [4.69, 9.17) is 29.6 Å². The molecule has 0 saturated carbocycles. The molecule has 2 heterocycles. The summed E-state index contributed by atoms with van der Waals surface area (Å²) in [6.45, 7) is 0. The molecule has 2 aliphatic rings. The standard InChI is InChI=1S/C10H16N2O3S.H5O10P3/c13-8(14)4-2-1-3-7-9-6(5-16-7)11-10(15)12-9;1-11(2,3)9-13(7,8)10-12(4,5)6/h6-7,9H,1-5H2,(H,13,14)(H2,11,12,15);(H,7,8)(H2,1,2,3)(H2,4,5,6)/t6-,7-,9-;/m0./s1. The number of carboxylic acids is 1. The average molecular weight is 502 g/mol. The molecule has 2 rings (SSSR count). The average Bonchev–Trinajstić information content (AvgIpc) is 2.98. The van der Waals surface area contributed by atoms with Gasteiger partial charge in [0.05, 0.1) is 12.1 Å². The summed E-state index contributed by atoms with van der Waals surface area (Å²) in [5.41, 5.74) is 0. The molecule has 15 nitrogen and oxygen atoms in total. The molecule has 0 aromatic rings. The number of carbonyl (C=O) groups excluding carboxylic acids is 1. The predicted molar refractivity (Wildman–Crippen MR) is 97.7 cm³/mol. The largest absolute Gasteiger partial charge is 0.490 e. The van der Waals surface area contributed by atoms with Gasteiger partial charge in [-0.3, -0.25) is 4.79 Å². The van der Waals surface area contributed by atoms with Crippen molar-refractivity contribution in [2.24, 2.45) is 0 Å². The highest BCUT2D eigenvalue weighted by molar-refractivity contribution is 8.00. The van der Waals surface area contributed by atoms with Crippen molar-refractivity contribution in [2.45, 2.75) is 43.0 Å². The monoisotopic (exact) mass is 502 g/mol. The number of hydrogen-bond donors (Lipinski definition) is 8. The first kappa shape index (κ1) is 26.5. The molecule has 170 valence electrons. The lowest BCUT2D eigenvalue weighted by molar-refractivity contribution is -0.137. The number of carboxylic acid groups (broad SMARTS) is 1. The Labute approximate surface area is 168 Å². The second-order valence-electron chi connectivity index (χ2n) is 5.87. The van der Waals surface area contributed by atoms with Crippen LogP contribution in [0.4, 0.5) is 4.79 Å². The van der Waals surface area contributed by atoms with Crippen LogP contribution in [0.1, 0.15) is 25.7 Å². The number of nitrogens with one attached hydrogen (secondary N) is 2. The third kappa shape index (κ3) is 11.5. The third-order valence-electron chi connectivity index (χ3n) is 3.49. The van der Waals surface area contributed by atoms with Gasteiger partial charge in [0.15, 0.2) is 0 Å². The van der Waals surface area contributed by atoms with Crippen LogP contribution in [0, 0.1) is 0 Å². The smallest absolute Gasteiger partial charge is 0.481 e. The van der Waals surface area contributed by atoms with Crippen LogP contribution >= 0.6 is 35.2 Å². The first-order valence-electron chi connectivity index (χ1n) is 7.85. The molecule has 29 heavy (non-hydrogen) atoms. The SMILES string of the molecule is O=C(O)CCCC[C@@H]1SC[C@@H]2NC(=O)N[C@@H]21.O=P(O)(O)OP(=O)(O)OP(=O)(O)O. The molecule has 0 radical (unpaired) electrons. The summed E-state index contributed by atoms with van der Waals surface area (Å²) in [4.78, 5) is 61.7. The zero-order valence-electron chi connectivity index (χ0n) is 14.6. The van der Waals surface area contributed by atoms with Gasteiger partial charge in [-0.05, 0) is 12.8 Å². The summed E-state index contributed by atoms with van der Waals surface area (Å²) < 4.78 is 36.4. The Kier molecular flexibility index (Phi) is 9.78. The lowest BCUT2D eigenvalue weighted by atomic mass is 10.0. The fourth-order valence-corrected chi connectivity index (χ4v) is 6.63. The minimum absolute atomic E-state index is 0.0640. The van der Waals surface area contributed by atoms with Crippen molar-refractivity contribution in [1.82, 2.24) is 10.6 Å². The zero-order valence-corrected chi connectivity index (χ0v) is 18.1. The molecule has 3 atom stereocenters. The third-order valence-corrected chi connectivity index (χ3v) is 8.35. The van der Waals surface area contributed by atoms with Gasteiger partial charge >= 0.3 is 35.5 Å². The summed E-state index contributed by atoms with van der Waals surface area (Å²) in [5, 5.41) is 14.8.